The van der Waals surface area contributed by atoms with Crippen LogP contribution >= 0.6 is 0 Å². The normalized spacial score (nSPS) is 12.5. The number of hydrogen-bond donors (Lipinski definition) is 2. The van der Waals surface area contributed by atoms with Crippen LogP contribution in [0.4, 0.5) is 0 Å². The molecule has 0 aromatic carbocycles. The van der Waals surface area contributed by atoms with Gasteiger partial charge in [-0.15, -0.1) is 0 Å². The molecule has 4 N–H and O–H groups in total. The molecule has 0 aromatic rings. The maximum atomic E-state index is 8.35. The molecule has 0 heterocycles. The molecule has 0 bridgehead atoms. The molecular formula is C8H10FeN7. The Balaban J connectivity index is 0. The van der Waals surface area contributed by atoms with Crippen LogP contribution in [0.25, 0.3) is 0 Å². The molecule has 0 rings (SSSR count). The van der Waals surface area contributed by atoms with Crippen molar-refractivity contribution in [1.82, 2.24) is 0 Å². The number of nitriles is 5. The van der Waals surface area contributed by atoms with E-state index in [4.69, 9.17) is 37.8 Å². The fourth-order valence-corrected chi connectivity index (χ4v) is 0.729. The summed E-state index contributed by atoms with van der Waals surface area (Å²) < 4.78 is 0. The Morgan fingerprint density at radius 1 is 0.938 bits per heavy atom. The van der Waals surface area contributed by atoms with Gasteiger partial charge in [-0.1, -0.05) is 0 Å². The van der Waals surface area contributed by atoms with Crippen LogP contribution in [0.2, 0.25) is 0 Å². The van der Waals surface area contributed by atoms with Gasteiger partial charge >= 0.3 is 62.9 Å². The number of nitrogens with zero attached hydrogens (tertiary/aromatic N) is 5. The minimum atomic E-state index is -4.78. The van der Waals surface area contributed by atoms with Gasteiger partial charge in [-0.3, -0.25) is 0 Å². The van der Waals surface area contributed by atoms with Gasteiger partial charge in [0.2, 0.25) is 0 Å². The summed E-state index contributed by atoms with van der Waals surface area (Å²) in [6.07, 6.45) is 0. The molecule has 0 amide bonds. The summed E-state index contributed by atoms with van der Waals surface area (Å²) in [5.41, 5.74) is 10.2. The third kappa shape index (κ3) is 3.56. The molecule has 7 nitrogen and oxygen atoms in total. The second kappa shape index (κ2) is 6.39. The fraction of sp³-hybridized carbons (Fsp3) is 0.375. The summed E-state index contributed by atoms with van der Waals surface area (Å²) in [6, 6.07) is 0.162. The Hall–Kier alpha value is -2.11. The van der Waals surface area contributed by atoms with Gasteiger partial charge in [0, 0.05) is 12.6 Å². The van der Waals surface area contributed by atoms with Crippen LogP contribution < -0.4 is 11.5 Å². The molecule has 0 spiro atoms. The van der Waals surface area contributed by atoms with Gasteiger partial charge in [0.05, 0.1) is 0 Å². The quantitative estimate of drug-likeness (QED) is 0.590. The van der Waals surface area contributed by atoms with Crippen LogP contribution in [0.3, 0.4) is 0 Å². The van der Waals surface area contributed by atoms with Crippen molar-refractivity contribution in [1.29, 1.82) is 26.3 Å². The van der Waals surface area contributed by atoms with Crippen LogP contribution in [-0.4, -0.2) is 12.6 Å². The predicted octanol–water partition coefficient (Wildman–Crippen LogP) is -0.626. The van der Waals surface area contributed by atoms with Crippen molar-refractivity contribution >= 4 is 0 Å². The molecule has 0 aromatic heterocycles. The van der Waals surface area contributed by atoms with Crippen LogP contribution in [0.15, 0.2) is 0 Å². The van der Waals surface area contributed by atoms with Gasteiger partial charge in [0.1, 0.15) is 0 Å². The summed E-state index contributed by atoms with van der Waals surface area (Å²) in [6.45, 7) is 2.46. The number of nitrogens with two attached hydrogens (primary N) is 2. The Labute approximate surface area is 94.3 Å². The second-order valence-electron chi connectivity index (χ2n) is 2.49. The first kappa shape index (κ1) is 16.3. The zero-order valence-corrected chi connectivity index (χ0v) is 9.63. The molecule has 1 unspecified atom stereocenters. The van der Waals surface area contributed by atoms with E-state index in [0.29, 0.717) is 6.54 Å². The van der Waals surface area contributed by atoms with Crippen molar-refractivity contribution in [3.8, 4) is 24.8 Å². The van der Waals surface area contributed by atoms with E-state index in [2.05, 4.69) is 0 Å². The van der Waals surface area contributed by atoms with E-state index in [-0.39, 0.29) is 6.04 Å². The zero-order chi connectivity index (χ0) is 13.3. The minimum absolute atomic E-state index is 0.162. The SMILES string of the molecule is CC(N)CN.N#[C][Fe]([C]#N)([C]#N)([C]#N)[C]#N. The first-order valence-corrected chi connectivity index (χ1v) is 6.49. The molecule has 0 fully saturated rings. The molecular weight excluding hydrogens is 250 g/mol. The van der Waals surface area contributed by atoms with Crippen LogP contribution in [0.1, 0.15) is 6.92 Å². The van der Waals surface area contributed by atoms with Gasteiger partial charge < -0.3 is 11.5 Å². The molecule has 0 aliphatic rings. The monoisotopic (exact) mass is 260 g/mol. The van der Waals surface area contributed by atoms with E-state index >= 15 is 0 Å². The predicted molar refractivity (Wildman–Crippen MR) is 50.8 cm³/mol. The first-order chi connectivity index (χ1) is 7.39. The van der Waals surface area contributed by atoms with Gasteiger partial charge in [0.15, 0.2) is 0 Å². The van der Waals surface area contributed by atoms with Gasteiger partial charge in [-0.25, -0.2) is 0 Å². The van der Waals surface area contributed by atoms with E-state index in [9.17, 15) is 0 Å². The molecule has 0 saturated heterocycles. The molecule has 0 saturated carbocycles. The van der Waals surface area contributed by atoms with Crippen molar-refractivity contribution in [2.45, 2.75) is 13.0 Å². The molecule has 0 aliphatic carbocycles. The third-order valence-corrected chi connectivity index (χ3v) is 3.63. The van der Waals surface area contributed by atoms with E-state index in [1.807, 2.05) is 6.92 Å². The number of rotatable bonds is 1. The van der Waals surface area contributed by atoms with Crippen molar-refractivity contribution in [3.05, 3.63) is 0 Å². The van der Waals surface area contributed by atoms with Gasteiger partial charge in [-0.05, 0) is 6.92 Å². The molecule has 16 heavy (non-hydrogen) atoms. The molecule has 0 radical (unpaired) electrons. The Morgan fingerprint density at radius 3 is 1.12 bits per heavy atom. The van der Waals surface area contributed by atoms with Gasteiger partial charge in [0.25, 0.3) is 0 Å². The summed E-state index contributed by atoms with van der Waals surface area (Å²) in [7, 11) is 0. The summed E-state index contributed by atoms with van der Waals surface area (Å²) in [5.74, 6) is 0. The second-order valence-corrected chi connectivity index (χ2v) is 6.49. The van der Waals surface area contributed by atoms with Gasteiger partial charge in [-0.2, -0.15) is 0 Å². The van der Waals surface area contributed by atoms with E-state index in [0.717, 1.165) is 0 Å². The zero-order valence-electron chi connectivity index (χ0n) is 8.53. The van der Waals surface area contributed by atoms with E-state index in [1.54, 1.807) is 0 Å². The molecule has 85 valence electrons. The average molecular weight is 260 g/mol. The first-order valence-electron chi connectivity index (χ1n) is 3.73. The summed E-state index contributed by atoms with van der Waals surface area (Å²) in [4.78, 5) is 6.12. The Kier molecular flexibility index (Phi) is 6.52. The van der Waals surface area contributed by atoms with Crippen molar-refractivity contribution < 1.29 is 11.8 Å². The molecule has 8 heteroatoms. The van der Waals surface area contributed by atoms with E-state index < -0.39 is 11.8 Å². The summed E-state index contributed by atoms with van der Waals surface area (Å²) in [5, 5.41) is 41.8. The van der Waals surface area contributed by atoms with Crippen LogP contribution in [-0.2, 0) is 11.8 Å². The third-order valence-electron chi connectivity index (χ3n) is 1.16. The average Bonchev–Trinajstić information content (AvgIpc) is 2.35. The maximum absolute atomic E-state index is 8.35. The number of hydrogen-bond acceptors (Lipinski definition) is 7. The molecule has 0 aliphatic heterocycles. The van der Waals surface area contributed by atoms with Crippen LogP contribution in [0, 0.1) is 51.1 Å². The standard InChI is InChI=1S/C3H10N2.5CN.Fe/c1-3(5)2-4;5*1-2;/h3H,2,4-5H2,1H3;;;;;;. The van der Waals surface area contributed by atoms with Crippen molar-refractivity contribution in [2.75, 3.05) is 6.54 Å². The molecule has 1 atom stereocenters. The van der Waals surface area contributed by atoms with Crippen molar-refractivity contribution in [2.24, 2.45) is 11.5 Å². The fourth-order valence-electron chi connectivity index (χ4n) is 0.177. The summed E-state index contributed by atoms with van der Waals surface area (Å²) >= 11 is -4.78. The van der Waals surface area contributed by atoms with Crippen molar-refractivity contribution in [3.63, 3.8) is 0 Å². The van der Waals surface area contributed by atoms with Crippen LogP contribution in [0.5, 0.6) is 0 Å². The Bertz CT molecular complexity index is 348. The topological polar surface area (TPSA) is 171 Å². The Morgan fingerprint density at radius 2 is 1.12 bits per heavy atom. The van der Waals surface area contributed by atoms with E-state index in [1.165, 1.54) is 24.8 Å².